The smallest absolute Gasteiger partial charge is 0.156 e. The van der Waals surface area contributed by atoms with E-state index < -0.39 is 0 Å². The van der Waals surface area contributed by atoms with Gasteiger partial charge in [0.25, 0.3) is 0 Å². The van der Waals surface area contributed by atoms with Gasteiger partial charge in [-0.3, -0.25) is 5.43 Å². The van der Waals surface area contributed by atoms with E-state index in [9.17, 15) is 0 Å². The van der Waals surface area contributed by atoms with Crippen molar-refractivity contribution in [3.63, 3.8) is 0 Å². The summed E-state index contributed by atoms with van der Waals surface area (Å²) in [5, 5.41) is 5.45. The summed E-state index contributed by atoms with van der Waals surface area (Å²) >= 11 is 18.2. The number of rotatable bonds is 5. The van der Waals surface area contributed by atoms with Crippen molar-refractivity contribution in [1.29, 1.82) is 0 Å². The molecule has 0 aliphatic rings. The number of halogens is 3. The maximum atomic E-state index is 6.06. The van der Waals surface area contributed by atoms with Crippen LogP contribution in [0.2, 0.25) is 15.1 Å². The highest BCUT2D eigenvalue weighted by atomic mass is 35.5. The molecule has 0 heterocycles. The summed E-state index contributed by atoms with van der Waals surface area (Å²) in [6.45, 7) is 0. The summed E-state index contributed by atoms with van der Waals surface area (Å²) in [5.74, 6) is 1.04. The fraction of sp³-hybridized carbons (Fsp3) is 0.133. The Morgan fingerprint density at radius 3 is 2.18 bits per heavy atom. The van der Waals surface area contributed by atoms with Crippen molar-refractivity contribution in [3.8, 4) is 11.5 Å². The Bertz CT molecular complexity index is 682. The molecule has 0 radical (unpaired) electrons. The molecule has 0 spiro atoms. The van der Waals surface area contributed by atoms with E-state index in [0.717, 1.165) is 11.3 Å². The van der Waals surface area contributed by atoms with E-state index in [1.165, 1.54) is 7.11 Å². The van der Waals surface area contributed by atoms with E-state index >= 15 is 0 Å². The van der Waals surface area contributed by atoms with Crippen LogP contribution in [0.1, 0.15) is 5.56 Å². The van der Waals surface area contributed by atoms with E-state index in [4.69, 9.17) is 44.3 Å². The molecule has 0 fully saturated rings. The second kappa shape index (κ2) is 7.58. The number of nitrogens with one attached hydrogen (secondary N) is 1. The third kappa shape index (κ3) is 3.97. The number of hydrogen-bond acceptors (Lipinski definition) is 4. The minimum atomic E-state index is 0.420. The highest BCUT2D eigenvalue weighted by molar-refractivity contribution is 6.37. The minimum absolute atomic E-state index is 0.420. The van der Waals surface area contributed by atoms with Crippen LogP contribution in [0.15, 0.2) is 35.4 Å². The quantitative estimate of drug-likeness (QED) is 0.596. The van der Waals surface area contributed by atoms with Gasteiger partial charge in [-0.15, -0.1) is 0 Å². The minimum Gasteiger partial charge on any atom is -0.495 e. The first-order valence-corrected chi connectivity index (χ1v) is 7.34. The molecule has 2 aromatic carbocycles. The van der Waals surface area contributed by atoms with Crippen LogP contribution in [0.25, 0.3) is 0 Å². The maximum absolute atomic E-state index is 6.06. The van der Waals surface area contributed by atoms with Crippen molar-refractivity contribution in [2.45, 2.75) is 0 Å². The van der Waals surface area contributed by atoms with Gasteiger partial charge < -0.3 is 9.47 Å². The van der Waals surface area contributed by atoms with Gasteiger partial charge in [0.2, 0.25) is 0 Å². The van der Waals surface area contributed by atoms with Gasteiger partial charge in [0.15, 0.2) is 5.75 Å². The van der Waals surface area contributed by atoms with E-state index in [2.05, 4.69) is 10.5 Å². The largest absolute Gasteiger partial charge is 0.495 e. The fourth-order valence-electron chi connectivity index (χ4n) is 1.77. The summed E-state index contributed by atoms with van der Waals surface area (Å²) in [6.07, 6.45) is 1.59. The van der Waals surface area contributed by atoms with Gasteiger partial charge >= 0.3 is 0 Å². The zero-order chi connectivity index (χ0) is 16.1. The van der Waals surface area contributed by atoms with Crippen LogP contribution in [-0.2, 0) is 0 Å². The summed E-state index contributed by atoms with van der Waals surface area (Å²) in [5.41, 5.74) is 4.33. The molecule has 0 saturated heterocycles. The Kier molecular flexibility index (Phi) is 5.77. The van der Waals surface area contributed by atoms with Crippen LogP contribution in [-0.4, -0.2) is 20.4 Å². The van der Waals surface area contributed by atoms with Crippen LogP contribution in [0.3, 0.4) is 0 Å². The number of benzene rings is 2. The van der Waals surface area contributed by atoms with E-state index in [1.807, 2.05) is 0 Å². The lowest BCUT2D eigenvalue weighted by Crippen LogP contribution is -1.93. The normalized spacial score (nSPS) is 10.8. The molecule has 116 valence electrons. The number of hydrogen-bond donors (Lipinski definition) is 1. The second-order valence-corrected chi connectivity index (χ2v) is 5.46. The number of anilines is 1. The Labute approximate surface area is 143 Å². The van der Waals surface area contributed by atoms with Gasteiger partial charge in [-0.05, 0) is 35.9 Å². The molecule has 2 aromatic rings. The fourth-order valence-corrected chi connectivity index (χ4v) is 2.68. The molecule has 1 N–H and O–H groups in total. The molecule has 7 heteroatoms. The summed E-state index contributed by atoms with van der Waals surface area (Å²) in [6, 6.07) is 8.68. The van der Waals surface area contributed by atoms with Gasteiger partial charge in [0, 0.05) is 0 Å². The van der Waals surface area contributed by atoms with Crippen LogP contribution in [0, 0.1) is 0 Å². The molecule has 0 bridgehead atoms. The number of nitrogens with zero attached hydrogens (tertiary/aromatic N) is 1. The number of ether oxygens (including phenoxy) is 2. The summed E-state index contributed by atoms with van der Waals surface area (Å²) < 4.78 is 10.2. The van der Waals surface area contributed by atoms with Gasteiger partial charge in [0.1, 0.15) is 5.75 Å². The van der Waals surface area contributed by atoms with Gasteiger partial charge in [-0.25, -0.2) is 0 Å². The van der Waals surface area contributed by atoms with Crippen molar-refractivity contribution in [3.05, 3.63) is 51.0 Å². The Morgan fingerprint density at radius 1 is 0.955 bits per heavy atom. The van der Waals surface area contributed by atoms with Crippen molar-refractivity contribution < 1.29 is 9.47 Å². The van der Waals surface area contributed by atoms with E-state index in [0.29, 0.717) is 26.6 Å². The lowest BCUT2D eigenvalue weighted by molar-refractivity contribution is 0.415. The first kappa shape index (κ1) is 16.7. The topological polar surface area (TPSA) is 42.8 Å². The first-order chi connectivity index (χ1) is 10.5. The average Bonchev–Trinajstić information content (AvgIpc) is 2.47. The van der Waals surface area contributed by atoms with Crippen molar-refractivity contribution in [2.75, 3.05) is 19.6 Å². The van der Waals surface area contributed by atoms with Crippen molar-refractivity contribution in [1.82, 2.24) is 0 Å². The maximum Gasteiger partial charge on any atom is 0.156 e. The number of hydrazone groups is 1. The molecule has 0 saturated carbocycles. The van der Waals surface area contributed by atoms with Crippen molar-refractivity contribution in [2.24, 2.45) is 5.10 Å². The molecule has 0 aromatic heterocycles. The predicted octanol–water partition coefficient (Wildman–Crippen LogP) is 5.11. The third-order valence-electron chi connectivity index (χ3n) is 2.78. The highest BCUT2D eigenvalue weighted by Crippen LogP contribution is 2.33. The van der Waals surface area contributed by atoms with Gasteiger partial charge in [-0.2, -0.15) is 5.10 Å². The van der Waals surface area contributed by atoms with Crippen LogP contribution >= 0.6 is 34.8 Å². The highest BCUT2D eigenvalue weighted by Gasteiger charge is 2.07. The molecule has 4 nitrogen and oxygen atoms in total. The molecule has 0 unspecified atom stereocenters. The molecule has 0 atom stereocenters. The second-order valence-electron chi connectivity index (χ2n) is 4.24. The molecule has 0 aliphatic heterocycles. The van der Waals surface area contributed by atoms with E-state index in [-0.39, 0.29) is 0 Å². The van der Waals surface area contributed by atoms with Gasteiger partial charge in [0.05, 0.1) is 41.2 Å². The Balaban J connectivity index is 2.11. The standard InChI is InChI=1S/C15H13Cl3N2O2/c1-21-14-4-3-10(7-11(14)16)20-19-8-9-5-12(17)15(22-2)13(18)6-9/h3-8,20H,1-2H3/b19-8+. The summed E-state index contributed by atoms with van der Waals surface area (Å²) in [7, 11) is 3.07. The monoisotopic (exact) mass is 358 g/mol. The number of methoxy groups -OCH3 is 2. The lowest BCUT2D eigenvalue weighted by atomic mass is 10.2. The molecule has 0 aliphatic carbocycles. The van der Waals surface area contributed by atoms with Crippen molar-refractivity contribution >= 4 is 46.7 Å². The van der Waals surface area contributed by atoms with Crippen LogP contribution in [0.4, 0.5) is 5.69 Å². The average molecular weight is 360 g/mol. The summed E-state index contributed by atoms with van der Waals surface area (Å²) in [4.78, 5) is 0. The zero-order valence-corrected chi connectivity index (χ0v) is 14.1. The molecule has 0 amide bonds. The molecular formula is C15H13Cl3N2O2. The Morgan fingerprint density at radius 2 is 1.64 bits per heavy atom. The first-order valence-electron chi connectivity index (χ1n) is 6.20. The SMILES string of the molecule is COc1ccc(N/N=C/c2cc(Cl)c(OC)c(Cl)c2)cc1Cl. The molecule has 2 rings (SSSR count). The Hall–Kier alpha value is -1.62. The lowest BCUT2D eigenvalue weighted by Gasteiger charge is -2.07. The predicted molar refractivity (Wildman–Crippen MR) is 92.2 cm³/mol. The van der Waals surface area contributed by atoms with E-state index in [1.54, 1.807) is 43.7 Å². The molecule has 22 heavy (non-hydrogen) atoms. The third-order valence-corrected chi connectivity index (χ3v) is 3.64. The van der Waals surface area contributed by atoms with Crippen LogP contribution in [0.5, 0.6) is 11.5 Å². The van der Waals surface area contributed by atoms with Gasteiger partial charge in [-0.1, -0.05) is 34.8 Å². The molecular weight excluding hydrogens is 347 g/mol. The zero-order valence-electron chi connectivity index (χ0n) is 11.9. The van der Waals surface area contributed by atoms with Crippen LogP contribution < -0.4 is 14.9 Å².